The molecule has 3 aromatic heterocycles. The Labute approximate surface area is 230 Å². The number of carbonyl (C=O) groups excluding carboxylic acids is 1. The van der Waals surface area contributed by atoms with Crippen LogP contribution in [0.4, 0.5) is 10.1 Å². The van der Waals surface area contributed by atoms with Crippen molar-refractivity contribution in [3.8, 4) is 22.8 Å². The number of nitrogens with zero attached hydrogens (tertiary/aromatic N) is 4. The molecule has 2 aromatic carbocycles. The van der Waals surface area contributed by atoms with E-state index in [0.29, 0.717) is 36.1 Å². The molecule has 1 fully saturated rings. The third kappa shape index (κ3) is 4.24. The molecule has 206 valence electrons. The van der Waals surface area contributed by atoms with Gasteiger partial charge in [0.15, 0.2) is 0 Å². The Kier molecular flexibility index (Phi) is 6.63. The number of carbonyl (C=O) groups is 1. The molecule has 10 heteroatoms. The highest BCUT2D eigenvalue weighted by molar-refractivity contribution is 6.08. The van der Waals surface area contributed by atoms with E-state index >= 15 is 4.39 Å². The maximum Gasteiger partial charge on any atom is 0.272 e. The number of anilines is 1. The molecule has 0 bridgehead atoms. The first kappa shape index (κ1) is 25.8. The average molecular weight is 544 g/mol. The van der Waals surface area contributed by atoms with Crippen molar-refractivity contribution in [3.05, 3.63) is 71.8 Å². The summed E-state index contributed by atoms with van der Waals surface area (Å²) in [5.41, 5.74) is 3.70. The zero-order chi connectivity index (χ0) is 28.0. The summed E-state index contributed by atoms with van der Waals surface area (Å²) in [5, 5.41) is 3.63. The number of benzene rings is 2. The summed E-state index contributed by atoms with van der Waals surface area (Å²) in [5.74, 6) is 1.10. The summed E-state index contributed by atoms with van der Waals surface area (Å²) >= 11 is 0. The number of imidazole rings is 1. The molecule has 6 rings (SSSR count). The van der Waals surface area contributed by atoms with Crippen LogP contribution in [0.2, 0.25) is 0 Å². The molecule has 1 aliphatic heterocycles. The second-order valence-electron chi connectivity index (χ2n) is 9.90. The summed E-state index contributed by atoms with van der Waals surface area (Å²) < 4.78 is 36.2. The van der Waals surface area contributed by atoms with Crippen molar-refractivity contribution in [1.82, 2.24) is 18.9 Å². The largest absolute Gasteiger partial charge is 0.496 e. The van der Waals surface area contributed by atoms with Crippen LogP contribution in [0.15, 0.2) is 48.8 Å². The first-order chi connectivity index (χ1) is 19.4. The number of halogens is 1. The summed E-state index contributed by atoms with van der Waals surface area (Å²) in [6.45, 7) is 3.22. The molecule has 0 unspecified atom stereocenters. The van der Waals surface area contributed by atoms with Gasteiger partial charge in [0.1, 0.15) is 34.5 Å². The highest BCUT2D eigenvalue weighted by Crippen LogP contribution is 2.38. The number of methoxy groups -OCH3 is 2. The Balaban J connectivity index is 1.40. The highest BCUT2D eigenvalue weighted by Gasteiger charge is 2.26. The van der Waals surface area contributed by atoms with Gasteiger partial charge in [0.25, 0.3) is 5.91 Å². The summed E-state index contributed by atoms with van der Waals surface area (Å²) in [6, 6.07) is 10.2. The molecule has 4 heterocycles. The minimum Gasteiger partial charge on any atom is -0.496 e. The van der Waals surface area contributed by atoms with Gasteiger partial charge in [-0.1, -0.05) is 6.07 Å². The van der Waals surface area contributed by atoms with E-state index in [1.54, 1.807) is 37.1 Å². The fourth-order valence-corrected chi connectivity index (χ4v) is 5.57. The van der Waals surface area contributed by atoms with Crippen LogP contribution in [-0.2, 0) is 11.8 Å². The van der Waals surface area contributed by atoms with Crippen molar-refractivity contribution in [2.45, 2.75) is 25.7 Å². The number of amides is 1. The van der Waals surface area contributed by atoms with E-state index < -0.39 is 11.7 Å². The number of rotatable bonds is 6. The van der Waals surface area contributed by atoms with Crippen LogP contribution in [0.1, 0.15) is 40.8 Å². The van der Waals surface area contributed by atoms with Gasteiger partial charge in [0.2, 0.25) is 0 Å². The summed E-state index contributed by atoms with van der Waals surface area (Å²) in [6.07, 6.45) is 5.29. The second-order valence-corrected chi connectivity index (χ2v) is 9.90. The topological polar surface area (TPSA) is 91.9 Å². The van der Waals surface area contributed by atoms with Gasteiger partial charge in [-0.05, 0) is 44.0 Å². The number of fused-ring (bicyclic) bond motifs is 2. The van der Waals surface area contributed by atoms with Gasteiger partial charge in [-0.25, -0.2) is 9.37 Å². The van der Waals surface area contributed by atoms with Crippen molar-refractivity contribution in [3.63, 3.8) is 0 Å². The van der Waals surface area contributed by atoms with Crippen LogP contribution < -0.4 is 14.8 Å². The van der Waals surface area contributed by atoms with Gasteiger partial charge < -0.3 is 24.1 Å². The quantitative estimate of drug-likeness (QED) is 0.304. The van der Waals surface area contributed by atoms with Crippen molar-refractivity contribution in [2.24, 2.45) is 7.05 Å². The number of ether oxygens (including phenoxy) is 3. The Bertz CT molecular complexity index is 1750. The number of hydrogen-bond donors (Lipinski definition) is 1. The number of nitrogens with one attached hydrogen (secondary N) is 1. The van der Waals surface area contributed by atoms with E-state index in [1.165, 1.54) is 13.2 Å². The van der Waals surface area contributed by atoms with Gasteiger partial charge >= 0.3 is 0 Å². The zero-order valence-electron chi connectivity index (χ0n) is 22.8. The molecule has 0 spiro atoms. The third-order valence-electron chi connectivity index (χ3n) is 7.64. The molecule has 1 saturated heterocycles. The van der Waals surface area contributed by atoms with Crippen molar-refractivity contribution in [2.75, 3.05) is 32.8 Å². The van der Waals surface area contributed by atoms with Crippen molar-refractivity contribution < 1.29 is 23.4 Å². The fourth-order valence-electron chi connectivity index (χ4n) is 5.57. The molecule has 40 heavy (non-hydrogen) atoms. The minimum absolute atomic E-state index is 0.194. The van der Waals surface area contributed by atoms with E-state index in [9.17, 15) is 4.79 Å². The van der Waals surface area contributed by atoms with Crippen molar-refractivity contribution in [1.29, 1.82) is 0 Å². The first-order valence-corrected chi connectivity index (χ1v) is 13.1. The number of aromatic nitrogens is 4. The molecular weight excluding hydrogens is 513 g/mol. The van der Waals surface area contributed by atoms with Crippen molar-refractivity contribution >= 4 is 28.0 Å². The number of aryl methyl sites for hydroxylation is 2. The van der Waals surface area contributed by atoms with E-state index in [0.717, 1.165) is 40.8 Å². The first-order valence-electron chi connectivity index (χ1n) is 13.1. The molecule has 0 aliphatic carbocycles. The Morgan fingerprint density at radius 1 is 1.12 bits per heavy atom. The molecule has 1 N–H and O–H groups in total. The highest BCUT2D eigenvalue weighted by atomic mass is 19.1. The van der Waals surface area contributed by atoms with Gasteiger partial charge in [0.05, 0.1) is 36.6 Å². The standard InChI is InChI=1S/C30H30FN5O4/c1-17-28-27(34-29(36(28)11-10-32-17)18-8-12-40-13-9-18)19-15-26(39-4)22(16-21(19)31)33-30(37)24-14-20-23(35(24)2)6-5-7-25(20)38-3/h5-7,10-11,14-16,18H,8-9,12-13H2,1-4H3,(H,33,37). The van der Waals surface area contributed by atoms with Gasteiger partial charge in [-0.15, -0.1) is 0 Å². The fraction of sp³-hybridized carbons (Fsp3) is 0.300. The molecule has 5 aromatic rings. The Hall–Kier alpha value is -4.44. The van der Waals surface area contributed by atoms with Gasteiger partial charge in [-0.2, -0.15) is 0 Å². The molecule has 0 radical (unpaired) electrons. The van der Waals surface area contributed by atoms with E-state index in [1.807, 2.05) is 35.7 Å². The summed E-state index contributed by atoms with van der Waals surface area (Å²) in [7, 11) is 4.87. The molecule has 9 nitrogen and oxygen atoms in total. The minimum atomic E-state index is -0.531. The Morgan fingerprint density at radius 2 is 1.90 bits per heavy atom. The maximum absolute atomic E-state index is 15.8. The smallest absolute Gasteiger partial charge is 0.272 e. The lowest BCUT2D eigenvalue weighted by Gasteiger charge is -2.20. The predicted octanol–water partition coefficient (Wildman–Crippen LogP) is 5.50. The lowest BCUT2D eigenvalue weighted by molar-refractivity contribution is 0.0835. The zero-order valence-corrected chi connectivity index (χ0v) is 22.8. The average Bonchev–Trinajstić information content (AvgIpc) is 3.53. The molecule has 0 atom stereocenters. The predicted molar refractivity (Wildman–Crippen MR) is 150 cm³/mol. The molecule has 1 amide bonds. The van der Waals surface area contributed by atoms with E-state index in [4.69, 9.17) is 19.2 Å². The van der Waals surface area contributed by atoms with Crippen LogP contribution in [0.25, 0.3) is 27.7 Å². The van der Waals surface area contributed by atoms with Crippen LogP contribution in [0, 0.1) is 12.7 Å². The van der Waals surface area contributed by atoms with Crippen LogP contribution in [0.5, 0.6) is 11.5 Å². The van der Waals surface area contributed by atoms with Gasteiger partial charge in [0, 0.05) is 55.6 Å². The number of hydrogen-bond acceptors (Lipinski definition) is 6. The van der Waals surface area contributed by atoms with Gasteiger partial charge in [-0.3, -0.25) is 14.2 Å². The second kappa shape index (κ2) is 10.3. The van der Waals surface area contributed by atoms with Crippen LogP contribution in [-0.4, -0.2) is 52.3 Å². The SMILES string of the molecule is COc1cc(-c2nc(C3CCOCC3)n3ccnc(C)c23)c(F)cc1NC(=O)c1cc2c(OC)cccc2n1C. The molecule has 0 saturated carbocycles. The summed E-state index contributed by atoms with van der Waals surface area (Å²) in [4.78, 5) is 22.7. The van der Waals surface area contributed by atoms with Crippen LogP contribution >= 0.6 is 0 Å². The lowest BCUT2D eigenvalue weighted by atomic mass is 9.99. The monoisotopic (exact) mass is 543 g/mol. The lowest BCUT2D eigenvalue weighted by Crippen LogP contribution is -2.16. The third-order valence-corrected chi connectivity index (χ3v) is 7.64. The van der Waals surface area contributed by atoms with E-state index in [2.05, 4.69) is 10.3 Å². The maximum atomic E-state index is 15.8. The Morgan fingerprint density at radius 3 is 2.65 bits per heavy atom. The van der Waals surface area contributed by atoms with E-state index in [-0.39, 0.29) is 17.2 Å². The molecule has 1 aliphatic rings. The van der Waals surface area contributed by atoms with Crippen LogP contribution in [0.3, 0.4) is 0 Å². The molecular formula is C30H30FN5O4. The normalized spacial score (nSPS) is 14.1.